The molecule has 34 heavy (non-hydrogen) atoms. The minimum Gasteiger partial charge on any atom is -0.365 e. The standard InChI is InChI=1S/C26H35N5O3/c1-26(2,20-8-4-3-5-9-20)19-31-14-13-22(18-31)29-23-17-27-21(16-28-23)11-12-24(32)30-34-25-10-6-7-15-33-25/h3-5,8-9,11-12,16-17,22,25H,6-7,10,13-15,18-19H2,1-2H3,(H,28,29)(H,30,32)/t22-,25?/m1/s1. The van der Waals surface area contributed by atoms with Crippen LogP contribution in [0.25, 0.3) is 6.08 Å². The van der Waals surface area contributed by atoms with Gasteiger partial charge in [-0.3, -0.25) is 9.78 Å². The predicted octanol–water partition coefficient (Wildman–Crippen LogP) is 3.53. The van der Waals surface area contributed by atoms with Crippen LogP contribution in [-0.2, 0) is 19.8 Å². The summed E-state index contributed by atoms with van der Waals surface area (Å²) in [5.41, 5.74) is 4.47. The maximum atomic E-state index is 11.9. The number of hydroxylamine groups is 1. The van der Waals surface area contributed by atoms with E-state index in [1.807, 2.05) is 0 Å². The smallest absolute Gasteiger partial charge is 0.267 e. The summed E-state index contributed by atoms with van der Waals surface area (Å²) < 4.78 is 5.42. The lowest BCUT2D eigenvalue weighted by atomic mass is 9.84. The summed E-state index contributed by atoms with van der Waals surface area (Å²) in [7, 11) is 0. The Morgan fingerprint density at radius 2 is 2.06 bits per heavy atom. The number of benzene rings is 1. The van der Waals surface area contributed by atoms with E-state index >= 15 is 0 Å². The van der Waals surface area contributed by atoms with Gasteiger partial charge in [0.1, 0.15) is 5.82 Å². The van der Waals surface area contributed by atoms with Gasteiger partial charge < -0.3 is 15.0 Å². The quantitative estimate of drug-likeness (QED) is 0.433. The number of carbonyl (C=O) groups excluding carboxylic acids is 1. The molecule has 2 fully saturated rings. The Bertz CT molecular complexity index is 943. The van der Waals surface area contributed by atoms with Crippen molar-refractivity contribution in [1.29, 1.82) is 0 Å². The van der Waals surface area contributed by atoms with Gasteiger partial charge >= 0.3 is 0 Å². The fourth-order valence-corrected chi connectivity index (χ4v) is 4.46. The van der Waals surface area contributed by atoms with Crippen molar-refractivity contribution in [2.75, 3.05) is 31.6 Å². The molecule has 2 aromatic rings. The number of hydrogen-bond acceptors (Lipinski definition) is 7. The molecule has 0 saturated carbocycles. The van der Waals surface area contributed by atoms with E-state index in [1.165, 1.54) is 11.6 Å². The zero-order valence-electron chi connectivity index (χ0n) is 20.1. The highest BCUT2D eigenvalue weighted by Gasteiger charge is 2.29. The molecule has 2 N–H and O–H groups in total. The molecule has 8 heteroatoms. The van der Waals surface area contributed by atoms with Crippen LogP contribution in [0.2, 0.25) is 0 Å². The summed E-state index contributed by atoms with van der Waals surface area (Å²) in [5, 5.41) is 3.49. The molecule has 1 unspecified atom stereocenters. The molecule has 8 nitrogen and oxygen atoms in total. The highest BCUT2D eigenvalue weighted by Crippen LogP contribution is 2.26. The van der Waals surface area contributed by atoms with Gasteiger partial charge in [-0.05, 0) is 30.9 Å². The van der Waals surface area contributed by atoms with Crippen LogP contribution in [-0.4, -0.2) is 59.3 Å². The van der Waals surface area contributed by atoms with E-state index in [-0.39, 0.29) is 17.6 Å². The van der Waals surface area contributed by atoms with Crippen LogP contribution in [0, 0.1) is 0 Å². The molecule has 1 amide bonds. The van der Waals surface area contributed by atoms with Gasteiger partial charge in [-0.15, -0.1) is 0 Å². The van der Waals surface area contributed by atoms with E-state index in [4.69, 9.17) is 9.57 Å². The third kappa shape index (κ3) is 7.09. The molecule has 4 rings (SSSR count). The minimum atomic E-state index is -0.368. The second-order valence-corrected chi connectivity index (χ2v) is 9.66. The van der Waals surface area contributed by atoms with E-state index in [0.29, 0.717) is 18.3 Å². The van der Waals surface area contributed by atoms with E-state index in [0.717, 1.165) is 51.1 Å². The number of hydrogen-bond donors (Lipinski definition) is 2. The fourth-order valence-electron chi connectivity index (χ4n) is 4.46. The second kappa shape index (κ2) is 11.6. The Morgan fingerprint density at radius 3 is 2.79 bits per heavy atom. The molecule has 1 aromatic heterocycles. The summed E-state index contributed by atoms with van der Waals surface area (Å²) in [6.07, 6.45) is 9.91. The first-order valence-corrected chi connectivity index (χ1v) is 12.1. The first-order valence-electron chi connectivity index (χ1n) is 12.1. The Labute approximate surface area is 201 Å². The van der Waals surface area contributed by atoms with Crippen molar-refractivity contribution < 1.29 is 14.4 Å². The largest absolute Gasteiger partial charge is 0.365 e. The molecule has 2 aliphatic heterocycles. The number of anilines is 1. The van der Waals surface area contributed by atoms with Gasteiger partial charge in [0.25, 0.3) is 5.91 Å². The van der Waals surface area contributed by atoms with Gasteiger partial charge in [0.05, 0.1) is 18.1 Å². The first-order chi connectivity index (χ1) is 16.5. The number of likely N-dealkylation sites (tertiary alicyclic amines) is 1. The fraction of sp³-hybridized carbons (Fsp3) is 0.500. The minimum absolute atomic E-state index is 0.102. The van der Waals surface area contributed by atoms with E-state index in [2.05, 4.69) is 69.8 Å². The van der Waals surface area contributed by atoms with Crippen LogP contribution in [0.4, 0.5) is 5.82 Å². The topological polar surface area (TPSA) is 88.6 Å². The Kier molecular flexibility index (Phi) is 8.26. The summed E-state index contributed by atoms with van der Waals surface area (Å²) in [6, 6.07) is 11.0. The van der Waals surface area contributed by atoms with E-state index < -0.39 is 0 Å². The van der Waals surface area contributed by atoms with Crippen molar-refractivity contribution in [3.8, 4) is 0 Å². The molecule has 0 spiro atoms. The summed E-state index contributed by atoms with van der Waals surface area (Å²) >= 11 is 0. The molecular formula is C26H35N5O3. The number of amides is 1. The Hall–Kier alpha value is -2.81. The highest BCUT2D eigenvalue weighted by atomic mass is 16.8. The molecule has 2 saturated heterocycles. The number of ether oxygens (including phenoxy) is 1. The molecular weight excluding hydrogens is 430 g/mol. The van der Waals surface area contributed by atoms with Crippen molar-refractivity contribution in [3.63, 3.8) is 0 Å². The lowest BCUT2D eigenvalue weighted by Gasteiger charge is -2.31. The summed E-state index contributed by atoms with van der Waals surface area (Å²) in [5.74, 6) is 0.385. The third-order valence-electron chi connectivity index (χ3n) is 6.30. The van der Waals surface area contributed by atoms with Crippen molar-refractivity contribution >= 4 is 17.8 Å². The Morgan fingerprint density at radius 1 is 1.21 bits per heavy atom. The lowest BCUT2D eigenvalue weighted by Crippen LogP contribution is -2.37. The molecule has 0 bridgehead atoms. The first kappa shape index (κ1) is 24.3. The SMILES string of the molecule is CC(C)(CN1CC[C@@H](Nc2cnc(C=CC(=O)NOC3CCCCO3)cn2)C1)c1ccccc1. The van der Waals surface area contributed by atoms with Gasteiger partial charge in [0.2, 0.25) is 0 Å². The average molecular weight is 466 g/mol. The van der Waals surface area contributed by atoms with Crippen molar-refractivity contribution in [2.45, 2.75) is 57.3 Å². The normalized spacial score (nSPS) is 21.6. The molecule has 1 aromatic carbocycles. The number of aromatic nitrogens is 2. The molecule has 3 heterocycles. The predicted molar refractivity (Wildman–Crippen MR) is 132 cm³/mol. The highest BCUT2D eigenvalue weighted by molar-refractivity contribution is 5.90. The van der Waals surface area contributed by atoms with Crippen molar-refractivity contribution in [2.24, 2.45) is 0 Å². The van der Waals surface area contributed by atoms with Crippen LogP contribution in [0.5, 0.6) is 0 Å². The zero-order chi connectivity index (χ0) is 23.8. The van der Waals surface area contributed by atoms with Gasteiger partial charge in [-0.1, -0.05) is 44.2 Å². The van der Waals surface area contributed by atoms with Crippen molar-refractivity contribution in [3.05, 3.63) is 60.1 Å². The Balaban J connectivity index is 1.21. The van der Waals surface area contributed by atoms with Crippen molar-refractivity contribution in [1.82, 2.24) is 20.3 Å². The second-order valence-electron chi connectivity index (χ2n) is 9.66. The van der Waals surface area contributed by atoms with Crippen LogP contribution in [0.15, 0.2) is 48.8 Å². The zero-order valence-corrected chi connectivity index (χ0v) is 20.1. The van der Waals surface area contributed by atoms with E-state index in [9.17, 15) is 4.79 Å². The van der Waals surface area contributed by atoms with Gasteiger partial charge in [-0.2, -0.15) is 0 Å². The van der Waals surface area contributed by atoms with Crippen LogP contribution in [0.3, 0.4) is 0 Å². The van der Waals surface area contributed by atoms with Crippen LogP contribution in [0.1, 0.15) is 50.8 Å². The maximum Gasteiger partial charge on any atom is 0.267 e. The summed E-state index contributed by atoms with van der Waals surface area (Å²) in [4.78, 5) is 28.6. The van der Waals surface area contributed by atoms with Crippen LogP contribution < -0.4 is 10.8 Å². The van der Waals surface area contributed by atoms with Gasteiger partial charge in [0.15, 0.2) is 6.29 Å². The molecule has 2 aliphatic rings. The number of nitrogens with one attached hydrogen (secondary N) is 2. The van der Waals surface area contributed by atoms with Crippen LogP contribution >= 0.6 is 0 Å². The molecule has 0 aliphatic carbocycles. The number of nitrogens with zero attached hydrogens (tertiary/aromatic N) is 3. The monoisotopic (exact) mass is 465 g/mol. The average Bonchev–Trinajstić information content (AvgIpc) is 3.29. The molecule has 2 atom stereocenters. The molecule has 182 valence electrons. The number of carbonyl (C=O) groups is 1. The van der Waals surface area contributed by atoms with E-state index in [1.54, 1.807) is 18.5 Å². The van der Waals surface area contributed by atoms with Gasteiger partial charge in [-0.25, -0.2) is 15.3 Å². The lowest BCUT2D eigenvalue weighted by molar-refractivity contribution is -0.198. The maximum absolute atomic E-state index is 11.9. The number of rotatable bonds is 9. The third-order valence-corrected chi connectivity index (χ3v) is 6.30. The molecule has 0 radical (unpaired) electrons. The van der Waals surface area contributed by atoms with Gasteiger partial charge in [0, 0.05) is 50.2 Å². The summed E-state index contributed by atoms with van der Waals surface area (Å²) in [6.45, 7) is 8.32.